The van der Waals surface area contributed by atoms with Crippen LogP contribution in [0.3, 0.4) is 0 Å². The van der Waals surface area contributed by atoms with Gasteiger partial charge in [0.25, 0.3) is 0 Å². The van der Waals surface area contributed by atoms with Gasteiger partial charge in [0.2, 0.25) is 0 Å². The number of anilines is 1. The van der Waals surface area contributed by atoms with Crippen LogP contribution >= 0.6 is 11.8 Å². The number of carbonyl (C=O) groups excluding carboxylic acids is 2. The van der Waals surface area contributed by atoms with Crippen molar-refractivity contribution in [2.24, 2.45) is 5.92 Å². The van der Waals surface area contributed by atoms with Gasteiger partial charge in [0.05, 0.1) is 0 Å². The number of rotatable bonds is 6. The number of thioether (sulfide) groups is 1. The molecule has 2 atom stereocenters. The van der Waals surface area contributed by atoms with Gasteiger partial charge in [0.1, 0.15) is 11.4 Å². The van der Waals surface area contributed by atoms with E-state index in [9.17, 15) is 14.7 Å². The van der Waals surface area contributed by atoms with Gasteiger partial charge in [-0.2, -0.15) is 0 Å². The zero-order chi connectivity index (χ0) is 24.6. The molecule has 5 nitrogen and oxygen atoms in total. The topological polar surface area (TPSA) is 89.6 Å². The van der Waals surface area contributed by atoms with Crippen LogP contribution < -0.4 is 5.73 Å². The van der Waals surface area contributed by atoms with Gasteiger partial charge in [-0.1, -0.05) is 46.8 Å². The number of benzene rings is 2. The quantitative estimate of drug-likeness (QED) is 0.326. The first-order valence-electron chi connectivity index (χ1n) is 11.4. The Morgan fingerprint density at radius 1 is 1.18 bits per heavy atom. The van der Waals surface area contributed by atoms with E-state index >= 15 is 0 Å². The minimum absolute atomic E-state index is 0.00244. The van der Waals surface area contributed by atoms with Crippen molar-refractivity contribution in [1.29, 1.82) is 0 Å². The molecule has 2 aromatic rings. The molecule has 0 spiro atoms. The van der Waals surface area contributed by atoms with E-state index in [4.69, 9.17) is 10.5 Å². The van der Waals surface area contributed by atoms with E-state index < -0.39 is 16.8 Å². The van der Waals surface area contributed by atoms with E-state index in [0.29, 0.717) is 18.5 Å². The first-order valence-corrected chi connectivity index (χ1v) is 12.3. The van der Waals surface area contributed by atoms with Crippen LogP contribution in [-0.4, -0.2) is 27.7 Å². The van der Waals surface area contributed by atoms with Gasteiger partial charge in [-0.25, -0.2) is 0 Å². The Labute approximate surface area is 201 Å². The highest BCUT2D eigenvalue weighted by molar-refractivity contribution is 8.01. The van der Waals surface area contributed by atoms with Crippen LogP contribution in [0.25, 0.3) is 0 Å². The molecule has 2 aromatic carbocycles. The van der Waals surface area contributed by atoms with Crippen LogP contribution in [0.1, 0.15) is 64.2 Å². The number of hydrogen-bond acceptors (Lipinski definition) is 6. The number of nitrogens with two attached hydrogens (primary N) is 1. The summed E-state index contributed by atoms with van der Waals surface area (Å²) in [5.74, 6) is -0.351. The Balaban J connectivity index is 1.83. The van der Waals surface area contributed by atoms with Crippen LogP contribution in [0.5, 0.6) is 5.75 Å². The minimum Gasteiger partial charge on any atom is -0.508 e. The van der Waals surface area contributed by atoms with Gasteiger partial charge in [0.15, 0.2) is 11.0 Å². The average Bonchev–Trinajstić information content (AvgIpc) is 2.71. The van der Waals surface area contributed by atoms with Gasteiger partial charge in [-0.05, 0) is 72.1 Å². The molecule has 0 bridgehead atoms. The summed E-state index contributed by atoms with van der Waals surface area (Å²) in [6, 6.07) is 10.9. The second-order valence-electron chi connectivity index (χ2n) is 10.4. The lowest BCUT2D eigenvalue weighted by atomic mass is 9.78. The first kappa shape index (κ1) is 25.2. The van der Waals surface area contributed by atoms with E-state index in [-0.39, 0.29) is 29.3 Å². The third kappa shape index (κ3) is 5.55. The molecule has 0 radical (unpaired) electrons. The highest BCUT2D eigenvalue weighted by Gasteiger charge is 2.49. The number of nitrogen functional groups attached to an aromatic ring is 1. The molecule has 3 N–H and O–H groups in total. The lowest BCUT2D eigenvalue weighted by molar-refractivity contribution is -0.176. The average molecular weight is 470 g/mol. The van der Waals surface area contributed by atoms with Crippen molar-refractivity contribution in [2.75, 3.05) is 5.73 Å². The van der Waals surface area contributed by atoms with Gasteiger partial charge in [0, 0.05) is 17.0 Å². The molecule has 1 fully saturated rings. The monoisotopic (exact) mass is 469 g/mol. The van der Waals surface area contributed by atoms with Crippen molar-refractivity contribution in [3.8, 4) is 5.75 Å². The van der Waals surface area contributed by atoms with Crippen LogP contribution in [0.15, 0.2) is 41.3 Å². The Morgan fingerprint density at radius 2 is 1.82 bits per heavy atom. The molecule has 6 heteroatoms. The number of aryl methyl sites for hydroxylation is 2. The van der Waals surface area contributed by atoms with E-state index in [1.807, 2.05) is 45.0 Å². The first-order chi connectivity index (χ1) is 15.3. The third-order valence-electron chi connectivity index (χ3n) is 6.53. The Morgan fingerprint density at radius 3 is 2.36 bits per heavy atom. The molecule has 0 aliphatic carbocycles. The summed E-state index contributed by atoms with van der Waals surface area (Å²) in [6.07, 6.45) is 1.41. The van der Waals surface area contributed by atoms with Gasteiger partial charge in [-0.3, -0.25) is 9.59 Å². The maximum Gasteiger partial charge on any atom is 0.327 e. The number of aromatic hydroxyl groups is 1. The summed E-state index contributed by atoms with van der Waals surface area (Å²) in [5.41, 5.74) is 8.81. The molecule has 0 saturated carbocycles. The molecule has 0 aromatic heterocycles. The molecule has 1 heterocycles. The van der Waals surface area contributed by atoms with Gasteiger partial charge >= 0.3 is 5.97 Å². The van der Waals surface area contributed by atoms with Crippen molar-refractivity contribution in [2.45, 2.75) is 82.0 Å². The Kier molecular flexibility index (Phi) is 7.18. The largest absolute Gasteiger partial charge is 0.508 e. The zero-order valence-electron chi connectivity index (χ0n) is 20.4. The van der Waals surface area contributed by atoms with Crippen LogP contribution in [-0.2, 0) is 26.2 Å². The smallest absolute Gasteiger partial charge is 0.327 e. The Bertz CT molecular complexity index is 1020. The van der Waals surface area contributed by atoms with Gasteiger partial charge < -0.3 is 15.6 Å². The maximum atomic E-state index is 13.3. The zero-order valence-corrected chi connectivity index (χ0v) is 21.2. The molecule has 33 heavy (non-hydrogen) atoms. The molecule has 178 valence electrons. The summed E-state index contributed by atoms with van der Waals surface area (Å²) >= 11 is 1.28. The number of cyclic esters (lactones) is 1. The molecule has 1 aliphatic rings. The SMILES string of the molecule is Cc1cc(SC2C(=O)CC(CCc3ccc(O)cc3)(C(C)C)OC2=O)c(C(C)(C)C)cc1N. The molecular weight excluding hydrogens is 434 g/mol. The minimum atomic E-state index is -0.880. The van der Waals surface area contributed by atoms with Crippen molar-refractivity contribution in [1.82, 2.24) is 0 Å². The molecule has 1 aliphatic heterocycles. The fourth-order valence-corrected chi connectivity index (χ4v) is 5.55. The highest BCUT2D eigenvalue weighted by Crippen LogP contribution is 2.43. The van der Waals surface area contributed by atoms with E-state index in [0.717, 1.165) is 21.6 Å². The highest BCUT2D eigenvalue weighted by atomic mass is 32.2. The summed E-state index contributed by atoms with van der Waals surface area (Å²) in [7, 11) is 0. The van der Waals surface area contributed by atoms with Crippen molar-refractivity contribution < 1.29 is 19.4 Å². The summed E-state index contributed by atoms with van der Waals surface area (Å²) in [4.78, 5) is 27.4. The second-order valence-corrected chi connectivity index (χ2v) is 11.5. The number of hydrogen-bond donors (Lipinski definition) is 2. The number of carbonyl (C=O) groups is 2. The summed E-state index contributed by atoms with van der Waals surface area (Å²) in [6.45, 7) is 12.2. The van der Waals surface area contributed by atoms with E-state index in [1.165, 1.54) is 11.8 Å². The maximum absolute atomic E-state index is 13.3. The summed E-state index contributed by atoms with van der Waals surface area (Å²) in [5, 5.41) is 8.63. The van der Waals surface area contributed by atoms with E-state index in [2.05, 4.69) is 20.8 Å². The number of esters is 1. The molecular formula is C27H35NO4S. The second kappa shape index (κ2) is 9.41. The number of ether oxygens (including phenoxy) is 1. The molecule has 0 amide bonds. The Hall–Kier alpha value is -2.47. The summed E-state index contributed by atoms with van der Waals surface area (Å²) < 4.78 is 6.06. The van der Waals surface area contributed by atoms with Gasteiger partial charge in [-0.15, -0.1) is 11.8 Å². The normalized spacial score (nSPS) is 21.4. The lowest BCUT2D eigenvalue weighted by Gasteiger charge is -2.41. The lowest BCUT2D eigenvalue weighted by Crippen LogP contribution is -2.52. The fraction of sp³-hybridized carbons (Fsp3) is 0.481. The predicted molar refractivity (Wildman–Crippen MR) is 134 cm³/mol. The van der Waals surface area contributed by atoms with Crippen molar-refractivity contribution >= 4 is 29.2 Å². The fourth-order valence-electron chi connectivity index (χ4n) is 4.20. The molecule has 1 saturated heterocycles. The van der Waals surface area contributed by atoms with E-state index in [1.54, 1.807) is 12.1 Å². The van der Waals surface area contributed by atoms with Crippen LogP contribution in [0, 0.1) is 12.8 Å². The predicted octanol–water partition coefficient (Wildman–Crippen LogP) is 5.58. The van der Waals surface area contributed by atoms with Crippen molar-refractivity contribution in [3.05, 3.63) is 53.1 Å². The van der Waals surface area contributed by atoms with Crippen LogP contribution in [0.2, 0.25) is 0 Å². The third-order valence-corrected chi connectivity index (χ3v) is 7.81. The molecule has 3 rings (SSSR count). The number of phenolic OH excluding ortho intramolecular Hbond substituents is 1. The van der Waals surface area contributed by atoms with Crippen LogP contribution in [0.4, 0.5) is 5.69 Å². The number of Topliss-reactive ketones (excluding diaryl/α,β-unsaturated/α-hetero) is 1. The van der Waals surface area contributed by atoms with Crippen molar-refractivity contribution in [3.63, 3.8) is 0 Å². The molecule has 2 unspecified atom stereocenters. The standard InChI is InChI=1S/C27H35NO4S/c1-16(2)27(12-11-18-7-9-19(29)10-8-18)15-22(30)24(25(31)32-27)33-23-13-17(3)21(28)14-20(23)26(4,5)6/h7-10,13-14,16,24,29H,11-12,15,28H2,1-6H3. The number of phenols is 1. The number of ketones is 1.